The van der Waals surface area contributed by atoms with Crippen molar-refractivity contribution in [3.8, 4) is 5.75 Å². The van der Waals surface area contributed by atoms with E-state index in [1.54, 1.807) is 6.07 Å². The number of halogens is 1. The van der Waals surface area contributed by atoms with Gasteiger partial charge in [-0.05, 0) is 70.1 Å². The fourth-order valence-electron chi connectivity index (χ4n) is 2.70. The molecule has 3 N–H and O–H groups in total. The van der Waals surface area contributed by atoms with Crippen LogP contribution in [0.4, 0.5) is 5.69 Å². The third-order valence-corrected chi connectivity index (χ3v) is 4.98. The van der Waals surface area contributed by atoms with Crippen LogP contribution in [-0.2, 0) is 14.4 Å². The lowest BCUT2D eigenvalue weighted by atomic mass is 10.1. The molecule has 9 nitrogen and oxygen atoms in total. The Morgan fingerprint density at radius 3 is 2.55 bits per heavy atom. The van der Waals surface area contributed by atoms with Crippen molar-refractivity contribution in [1.82, 2.24) is 5.32 Å². The molecule has 2 aromatic carbocycles. The Morgan fingerprint density at radius 2 is 1.90 bits per heavy atom. The molecule has 0 aliphatic carbocycles. The lowest BCUT2D eigenvalue weighted by Crippen LogP contribution is -2.54. The Kier molecular flexibility index (Phi) is 6.47. The second-order valence-corrected chi connectivity index (χ2v) is 7.43. The van der Waals surface area contributed by atoms with Crippen LogP contribution in [0.5, 0.6) is 5.75 Å². The number of nitrogens with zero attached hydrogens (tertiary/aromatic N) is 1. The number of nitrogens with one attached hydrogen (secondary N) is 1. The van der Waals surface area contributed by atoms with Gasteiger partial charge in [0.15, 0.2) is 11.7 Å². The van der Waals surface area contributed by atoms with Crippen LogP contribution in [0.2, 0.25) is 0 Å². The Balaban J connectivity index is 1.94. The number of thiocarbonyl (C=S) groups is 1. The first-order valence-electron chi connectivity index (χ1n) is 8.56. The van der Waals surface area contributed by atoms with E-state index in [0.29, 0.717) is 10.0 Å². The molecule has 1 fully saturated rings. The molecule has 1 aliphatic rings. The first kappa shape index (κ1) is 22.1. The van der Waals surface area contributed by atoms with Gasteiger partial charge in [0.2, 0.25) is 0 Å². The minimum Gasteiger partial charge on any atom is -0.481 e. The normalized spacial score (nSPS) is 15.1. The molecule has 2 amide bonds. The van der Waals surface area contributed by atoms with Crippen LogP contribution < -0.4 is 15.0 Å². The largest absolute Gasteiger partial charge is 0.481 e. The molecule has 158 valence electrons. The molecule has 0 radical (unpaired) electrons. The highest BCUT2D eigenvalue weighted by atomic mass is 79.9. The Hall–Kier alpha value is -3.57. The smallest absolute Gasteiger partial charge is 0.341 e. The summed E-state index contributed by atoms with van der Waals surface area (Å²) >= 11 is 8.36. The van der Waals surface area contributed by atoms with E-state index in [4.69, 9.17) is 22.1 Å². The summed E-state index contributed by atoms with van der Waals surface area (Å²) in [6, 6.07) is 10.2. The van der Waals surface area contributed by atoms with Gasteiger partial charge in [0.05, 0.1) is 15.7 Å². The van der Waals surface area contributed by atoms with Crippen molar-refractivity contribution >= 4 is 68.8 Å². The van der Waals surface area contributed by atoms with Crippen molar-refractivity contribution in [3.05, 3.63) is 63.6 Å². The molecular formula is C20H13BrN2O7S. The molecule has 2 aromatic rings. The van der Waals surface area contributed by atoms with Gasteiger partial charge in [0.25, 0.3) is 11.8 Å². The van der Waals surface area contributed by atoms with E-state index in [2.05, 4.69) is 21.2 Å². The number of anilines is 1. The number of carbonyl (C=O) groups excluding carboxylic acids is 2. The van der Waals surface area contributed by atoms with Crippen LogP contribution in [0.3, 0.4) is 0 Å². The highest BCUT2D eigenvalue weighted by Gasteiger charge is 2.34. The molecule has 1 saturated heterocycles. The molecule has 0 bridgehead atoms. The minimum atomic E-state index is -1.17. The fourth-order valence-corrected chi connectivity index (χ4v) is 3.49. The summed E-state index contributed by atoms with van der Waals surface area (Å²) in [5, 5.41) is 20.1. The third-order valence-electron chi connectivity index (χ3n) is 4.07. The Morgan fingerprint density at radius 1 is 1.16 bits per heavy atom. The molecule has 31 heavy (non-hydrogen) atoms. The number of ether oxygens (including phenoxy) is 1. The second kappa shape index (κ2) is 9.06. The number of hydrogen-bond acceptors (Lipinski definition) is 6. The van der Waals surface area contributed by atoms with Crippen LogP contribution in [0, 0.1) is 0 Å². The van der Waals surface area contributed by atoms with Gasteiger partial charge in [-0.3, -0.25) is 19.8 Å². The maximum Gasteiger partial charge on any atom is 0.341 e. The number of aliphatic carboxylic acids is 1. The summed E-state index contributed by atoms with van der Waals surface area (Å²) in [5.41, 5.74) is 0.386. The van der Waals surface area contributed by atoms with Crippen molar-refractivity contribution < 1.29 is 34.1 Å². The van der Waals surface area contributed by atoms with Gasteiger partial charge in [-0.25, -0.2) is 9.59 Å². The van der Waals surface area contributed by atoms with E-state index >= 15 is 0 Å². The molecule has 0 atom stereocenters. The standard InChI is InChI=1S/C20H13BrN2O7S/c21-14-7-10(4-5-15(14)30-9-16(24)25)6-13-17(26)22-20(31)23(18(13)27)12-3-1-2-11(8-12)19(28)29/h1-8H,9H2,(H,24,25)(H,28,29)(H,22,26,31). The molecule has 0 spiro atoms. The van der Waals surface area contributed by atoms with Crippen LogP contribution in [0.25, 0.3) is 6.08 Å². The average Bonchev–Trinajstić information content (AvgIpc) is 2.70. The highest BCUT2D eigenvalue weighted by molar-refractivity contribution is 9.10. The lowest BCUT2D eigenvalue weighted by Gasteiger charge is -2.29. The zero-order chi connectivity index (χ0) is 22.7. The summed E-state index contributed by atoms with van der Waals surface area (Å²) in [6.07, 6.45) is 1.33. The Bertz CT molecular complexity index is 1160. The van der Waals surface area contributed by atoms with E-state index < -0.39 is 30.4 Å². The first-order valence-corrected chi connectivity index (χ1v) is 9.76. The number of carbonyl (C=O) groups is 4. The van der Waals surface area contributed by atoms with Crippen molar-refractivity contribution in [3.63, 3.8) is 0 Å². The number of hydrogen-bond donors (Lipinski definition) is 3. The monoisotopic (exact) mass is 504 g/mol. The lowest BCUT2D eigenvalue weighted by molar-refractivity contribution is -0.139. The molecule has 11 heteroatoms. The van der Waals surface area contributed by atoms with Crippen molar-refractivity contribution in [2.45, 2.75) is 0 Å². The van der Waals surface area contributed by atoms with Gasteiger partial charge in [0.1, 0.15) is 11.3 Å². The maximum absolute atomic E-state index is 13.0. The zero-order valence-electron chi connectivity index (χ0n) is 15.5. The van der Waals surface area contributed by atoms with E-state index in [1.165, 1.54) is 42.5 Å². The summed E-state index contributed by atoms with van der Waals surface area (Å²) in [7, 11) is 0. The van der Waals surface area contributed by atoms with Crippen LogP contribution in [-0.4, -0.2) is 45.7 Å². The molecule has 0 unspecified atom stereocenters. The molecule has 1 heterocycles. The van der Waals surface area contributed by atoms with E-state index in [0.717, 1.165) is 4.90 Å². The zero-order valence-corrected chi connectivity index (χ0v) is 17.9. The number of amides is 2. The summed E-state index contributed by atoms with van der Waals surface area (Å²) < 4.78 is 5.54. The van der Waals surface area contributed by atoms with Gasteiger partial charge in [0, 0.05) is 0 Å². The summed E-state index contributed by atoms with van der Waals surface area (Å²) in [6.45, 7) is -0.526. The summed E-state index contributed by atoms with van der Waals surface area (Å²) in [5.74, 6) is -3.46. The van der Waals surface area contributed by atoms with Crippen molar-refractivity contribution in [1.29, 1.82) is 0 Å². The number of benzene rings is 2. The second-order valence-electron chi connectivity index (χ2n) is 6.19. The first-order chi connectivity index (χ1) is 14.7. The van der Waals surface area contributed by atoms with Crippen LogP contribution in [0.15, 0.2) is 52.5 Å². The average molecular weight is 505 g/mol. The topological polar surface area (TPSA) is 133 Å². The van der Waals surface area contributed by atoms with Gasteiger partial charge in [-0.15, -0.1) is 0 Å². The van der Waals surface area contributed by atoms with E-state index in [9.17, 15) is 24.3 Å². The van der Waals surface area contributed by atoms with E-state index in [-0.39, 0.29) is 27.7 Å². The summed E-state index contributed by atoms with van der Waals surface area (Å²) in [4.78, 5) is 48.3. The third kappa shape index (κ3) is 4.95. The fraction of sp³-hybridized carbons (Fsp3) is 0.0500. The highest BCUT2D eigenvalue weighted by Crippen LogP contribution is 2.28. The SMILES string of the molecule is O=C(O)COc1ccc(C=C2C(=O)NC(=S)N(c3cccc(C(=O)O)c3)C2=O)cc1Br. The molecule has 1 aliphatic heterocycles. The number of carboxylic acids is 2. The maximum atomic E-state index is 13.0. The van der Waals surface area contributed by atoms with Crippen LogP contribution >= 0.6 is 28.1 Å². The Labute approximate surface area is 189 Å². The molecule has 3 rings (SSSR count). The number of rotatable bonds is 6. The quantitative estimate of drug-likeness (QED) is 0.310. The van der Waals surface area contributed by atoms with Crippen molar-refractivity contribution in [2.24, 2.45) is 0 Å². The van der Waals surface area contributed by atoms with Gasteiger partial charge >= 0.3 is 11.9 Å². The number of aromatic carboxylic acids is 1. The van der Waals surface area contributed by atoms with Crippen molar-refractivity contribution in [2.75, 3.05) is 11.5 Å². The van der Waals surface area contributed by atoms with Gasteiger partial charge in [-0.2, -0.15) is 0 Å². The van der Waals surface area contributed by atoms with E-state index in [1.807, 2.05) is 0 Å². The number of carboxylic acid groups (broad SMARTS) is 2. The predicted octanol–water partition coefficient (Wildman–Crippen LogP) is 2.44. The van der Waals surface area contributed by atoms with Crippen LogP contribution in [0.1, 0.15) is 15.9 Å². The molecular weight excluding hydrogens is 492 g/mol. The minimum absolute atomic E-state index is 0.0450. The van der Waals surface area contributed by atoms with Gasteiger partial charge < -0.3 is 14.9 Å². The molecule has 0 saturated carbocycles. The molecule has 0 aromatic heterocycles. The predicted molar refractivity (Wildman–Crippen MR) is 117 cm³/mol. The van der Waals surface area contributed by atoms with Gasteiger partial charge in [-0.1, -0.05) is 12.1 Å².